The number of ether oxygens (including phenoxy) is 2. The van der Waals surface area contributed by atoms with Gasteiger partial charge < -0.3 is 20.5 Å². The lowest BCUT2D eigenvalue weighted by molar-refractivity contribution is 0.405. The van der Waals surface area contributed by atoms with Gasteiger partial charge in [-0.2, -0.15) is 0 Å². The molecule has 19 heavy (non-hydrogen) atoms. The van der Waals surface area contributed by atoms with Crippen LogP contribution >= 0.6 is 0 Å². The van der Waals surface area contributed by atoms with Crippen molar-refractivity contribution >= 4 is 11.6 Å². The van der Waals surface area contributed by atoms with Gasteiger partial charge in [0.15, 0.2) is 0 Å². The van der Waals surface area contributed by atoms with E-state index in [0.717, 1.165) is 17.1 Å². The Bertz CT molecular complexity index is 560. The first-order valence-corrected chi connectivity index (χ1v) is 5.78. The van der Waals surface area contributed by atoms with E-state index in [4.69, 9.17) is 15.2 Å². The first kappa shape index (κ1) is 13.1. The molecule has 0 radical (unpaired) electrons. The smallest absolute Gasteiger partial charge is 0.227 e. The normalized spacial score (nSPS) is 10.1. The molecule has 0 atom stereocenters. The molecule has 2 rings (SSSR count). The van der Waals surface area contributed by atoms with Gasteiger partial charge in [-0.25, -0.2) is 9.97 Å². The predicted molar refractivity (Wildman–Crippen MR) is 72.8 cm³/mol. The lowest BCUT2D eigenvalue weighted by Crippen LogP contribution is -2.04. The van der Waals surface area contributed by atoms with Crippen LogP contribution in [0.3, 0.4) is 0 Å². The molecule has 0 bridgehead atoms. The number of benzene rings is 1. The fraction of sp³-hybridized carbons (Fsp3) is 0.231. The van der Waals surface area contributed by atoms with Crippen molar-refractivity contribution in [3.63, 3.8) is 0 Å². The van der Waals surface area contributed by atoms with Crippen LogP contribution in [0, 0.1) is 0 Å². The summed E-state index contributed by atoms with van der Waals surface area (Å²) in [4.78, 5) is 8.41. The summed E-state index contributed by atoms with van der Waals surface area (Å²) in [5, 5.41) is 3.09. The van der Waals surface area contributed by atoms with Crippen molar-refractivity contribution in [3.05, 3.63) is 36.2 Å². The number of aromatic nitrogens is 2. The van der Waals surface area contributed by atoms with Crippen molar-refractivity contribution in [2.45, 2.75) is 6.54 Å². The molecule has 1 heterocycles. The fourth-order valence-corrected chi connectivity index (χ4v) is 1.60. The fourth-order valence-electron chi connectivity index (χ4n) is 1.60. The first-order valence-electron chi connectivity index (χ1n) is 5.78. The van der Waals surface area contributed by atoms with Gasteiger partial charge in [0.1, 0.15) is 11.5 Å². The Kier molecular flexibility index (Phi) is 4.15. The summed E-state index contributed by atoms with van der Waals surface area (Å²) in [6, 6.07) is 7.22. The molecular formula is C13H16N4O2. The van der Waals surface area contributed by atoms with Crippen molar-refractivity contribution < 1.29 is 9.47 Å². The van der Waals surface area contributed by atoms with Crippen LogP contribution < -0.4 is 20.5 Å². The number of rotatable bonds is 5. The van der Waals surface area contributed by atoms with Gasteiger partial charge >= 0.3 is 0 Å². The second-order valence-corrected chi connectivity index (χ2v) is 3.77. The highest BCUT2D eigenvalue weighted by Crippen LogP contribution is 2.30. The van der Waals surface area contributed by atoms with Gasteiger partial charge in [0.05, 0.1) is 25.6 Å². The summed E-state index contributed by atoms with van der Waals surface area (Å²) < 4.78 is 10.5. The molecular weight excluding hydrogens is 244 g/mol. The maximum absolute atomic E-state index is 5.55. The van der Waals surface area contributed by atoms with Gasteiger partial charge in [-0.1, -0.05) is 0 Å². The van der Waals surface area contributed by atoms with Crippen molar-refractivity contribution in [1.29, 1.82) is 0 Å². The van der Waals surface area contributed by atoms with Gasteiger partial charge in [-0.15, -0.1) is 0 Å². The molecule has 2 aromatic rings. The molecule has 100 valence electrons. The van der Waals surface area contributed by atoms with E-state index in [9.17, 15) is 0 Å². The molecule has 0 aliphatic rings. The van der Waals surface area contributed by atoms with Gasteiger partial charge in [0.25, 0.3) is 0 Å². The van der Waals surface area contributed by atoms with Crippen LogP contribution in [0.25, 0.3) is 0 Å². The van der Waals surface area contributed by atoms with E-state index in [1.165, 1.54) is 0 Å². The second kappa shape index (κ2) is 6.01. The van der Waals surface area contributed by atoms with E-state index < -0.39 is 0 Å². The highest BCUT2D eigenvalue weighted by Gasteiger charge is 2.07. The average molecular weight is 260 g/mol. The molecule has 0 spiro atoms. The van der Waals surface area contributed by atoms with Crippen LogP contribution in [0.2, 0.25) is 0 Å². The summed E-state index contributed by atoms with van der Waals surface area (Å²) in [5.74, 6) is 1.87. The monoisotopic (exact) mass is 260 g/mol. The van der Waals surface area contributed by atoms with Gasteiger partial charge in [0.2, 0.25) is 5.95 Å². The summed E-state index contributed by atoms with van der Waals surface area (Å²) >= 11 is 0. The minimum atomic E-state index is 0.368. The van der Waals surface area contributed by atoms with Crippen LogP contribution in [0.5, 0.6) is 11.5 Å². The number of hydrogen-bond donors (Lipinski definition) is 2. The zero-order valence-corrected chi connectivity index (χ0v) is 10.9. The largest absolute Gasteiger partial charge is 0.497 e. The molecule has 0 aliphatic heterocycles. The SMILES string of the molecule is COc1ccc(OC)c(Nc2nccc(CN)n2)c1. The molecule has 1 aromatic carbocycles. The van der Waals surface area contributed by atoms with Crippen LogP contribution in [0.4, 0.5) is 11.6 Å². The van der Waals surface area contributed by atoms with Crippen molar-refractivity contribution in [2.75, 3.05) is 19.5 Å². The third-order valence-corrected chi connectivity index (χ3v) is 2.58. The number of hydrogen-bond acceptors (Lipinski definition) is 6. The van der Waals surface area contributed by atoms with Crippen LogP contribution in [-0.2, 0) is 6.54 Å². The number of methoxy groups -OCH3 is 2. The van der Waals surface area contributed by atoms with E-state index in [-0.39, 0.29) is 0 Å². The maximum atomic E-state index is 5.55. The zero-order valence-electron chi connectivity index (χ0n) is 10.9. The molecule has 0 amide bonds. The number of anilines is 2. The van der Waals surface area contributed by atoms with E-state index in [0.29, 0.717) is 18.2 Å². The Hall–Kier alpha value is -2.34. The van der Waals surface area contributed by atoms with Crippen LogP contribution in [-0.4, -0.2) is 24.2 Å². The van der Waals surface area contributed by atoms with Gasteiger partial charge in [0, 0.05) is 18.8 Å². The van der Waals surface area contributed by atoms with E-state index >= 15 is 0 Å². The Morgan fingerprint density at radius 2 is 2.05 bits per heavy atom. The molecule has 0 saturated heterocycles. The predicted octanol–water partition coefficient (Wildman–Crippen LogP) is 1.70. The van der Waals surface area contributed by atoms with E-state index in [1.807, 2.05) is 18.2 Å². The zero-order chi connectivity index (χ0) is 13.7. The van der Waals surface area contributed by atoms with Gasteiger partial charge in [-0.3, -0.25) is 0 Å². The highest BCUT2D eigenvalue weighted by atomic mass is 16.5. The summed E-state index contributed by atoms with van der Waals surface area (Å²) in [6.07, 6.45) is 1.66. The van der Waals surface area contributed by atoms with Crippen LogP contribution in [0.1, 0.15) is 5.69 Å². The van der Waals surface area contributed by atoms with E-state index in [2.05, 4.69) is 15.3 Å². The summed E-state index contributed by atoms with van der Waals surface area (Å²) in [6.45, 7) is 0.368. The third-order valence-electron chi connectivity index (χ3n) is 2.58. The summed E-state index contributed by atoms with van der Waals surface area (Å²) in [5.41, 5.74) is 7.05. The quantitative estimate of drug-likeness (QED) is 0.851. The standard InChI is InChI=1S/C13H16N4O2/c1-18-10-3-4-12(19-2)11(7-10)17-13-15-6-5-9(8-14)16-13/h3-7H,8,14H2,1-2H3,(H,15,16,17). The number of nitrogens with two attached hydrogens (primary N) is 1. The first-order chi connectivity index (χ1) is 9.26. The molecule has 0 unspecified atom stereocenters. The Labute approximate surface area is 111 Å². The van der Waals surface area contributed by atoms with Gasteiger partial charge in [-0.05, 0) is 18.2 Å². The summed E-state index contributed by atoms with van der Waals surface area (Å²) in [7, 11) is 3.21. The van der Waals surface area contributed by atoms with E-state index in [1.54, 1.807) is 26.5 Å². The molecule has 0 aliphatic carbocycles. The molecule has 6 heteroatoms. The highest BCUT2D eigenvalue weighted by molar-refractivity contribution is 5.64. The topological polar surface area (TPSA) is 82.3 Å². The second-order valence-electron chi connectivity index (χ2n) is 3.77. The van der Waals surface area contributed by atoms with Crippen LogP contribution in [0.15, 0.2) is 30.5 Å². The number of nitrogens with one attached hydrogen (secondary N) is 1. The van der Waals surface area contributed by atoms with Crippen molar-refractivity contribution in [3.8, 4) is 11.5 Å². The minimum absolute atomic E-state index is 0.368. The Morgan fingerprint density at radius 1 is 1.21 bits per heavy atom. The third kappa shape index (κ3) is 3.11. The molecule has 1 aromatic heterocycles. The molecule has 6 nitrogen and oxygen atoms in total. The Morgan fingerprint density at radius 3 is 2.74 bits per heavy atom. The lowest BCUT2D eigenvalue weighted by atomic mass is 10.2. The molecule has 3 N–H and O–H groups in total. The molecule has 0 fully saturated rings. The van der Waals surface area contributed by atoms with Crippen molar-refractivity contribution in [2.24, 2.45) is 5.73 Å². The Balaban J connectivity index is 2.30. The average Bonchev–Trinajstić information content (AvgIpc) is 2.47. The number of nitrogens with zero attached hydrogens (tertiary/aromatic N) is 2. The lowest BCUT2D eigenvalue weighted by Gasteiger charge is -2.11. The minimum Gasteiger partial charge on any atom is -0.497 e. The van der Waals surface area contributed by atoms with Crippen molar-refractivity contribution in [1.82, 2.24) is 9.97 Å². The molecule has 0 saturated carbocycles. The maximum Gasteiger partial charge on any atom is 0.227 e.